The molecule has 2 aromatic heterocycles. The zero-order valence-corrected chi connectivity index (χ0v) is 20.7. The van der Waals surface area contributed by atoms with Crippen molar-refractivity contribution < 1.29 is 9.18 Å². The highest BCUT2D eigenvalue weighted by Gasteiger charge is 2.41. The van der Waals surface area contributed by atoms with Gasteiger partial charge in [-0.25, -0.2) is 4.39 Å². The summed E-state index contributed by atoms with van der Waals surface area (Å²) in [6.07, 6.45) is 3.88. The van der Waals surface area contributed by atoms with Crippen LogP contribution in [0.5, 0.6) is 0 Å². The van der Waals surface area contributed by atoms with E-state index in [2.05, 4.69) is 15.6 Å². The normalized spacial score (nSPS) is 17.2. The van der Waals surface area contributed by atoms with Crippen molar-refractivity contribution in [3.8, 4) is 5.69 Å². The number of anilines is 1. The minimum absolute atomic E-state index is 0.0444. The minimum atomic E-state index is -0.477. The maximum Gasteiger partial charge on any atom is 0.226 e. The van der Waals surface area contributed by atoms with Gasteiger partial charge in [-0.3, -0.25) is 9.78 Å². The molecule has 1 amide bonds. The predicted octanol–water partition coefficient (Wildman–Crippen LogP) is 5.67. The van der Waals surface area contributed by atoms with Crippen LogP contribution in [0.4, 0.5) is 10.1 Å². The van der Waals surface area contributed by atoms with Crippen molar-refractivity contribution in [1.29, 1.82) is 0 Å². The van der Waals surface area contributed by atoms with Crippen LogP contribution < -0.4 is 10.6 Å². The van der Waals surface area contributed by atoms with Gasteiger partial charge >= 0.3 is 0 Å². The summed E-state index contributed by atoms with van der Waals surface area (Å²) >= 11 is 11.8. The molecular formula is C27H23ClFN5OS. The van der Waals surface area contributed by atoms with Gasteiger partial charge in [0.1, 0.15) is 5.82 Å². The van der Waals surface area contributed by atoms with Crippen molar-refractivity contribution in [2.75, 3.05) is 11.9 Å². The molecule has 1 saturated heterocycles. The van der Waals surface area contributed by atoms with Gasteiger partial charge in [-0.05, 0) is 66.8 Å². The number of rotatable bonds is 7. The molecule has 0 saturated carbocycles. The second-order valence-electron chi connectivity index (χ2n) is 8.39. The number of carbonyl (C=O) groups is 1. The first-order valence-corrected chi connectivity index (χ1v) is 12.3. The van der Waals surface area contributed by atoms with Crippen LogP contribution in [0.1, 0.15) is 29.9 Å². The Morgan fingerprint density at radius 2 is 1.89 bits per heavy atom. The van der Waals surface area contributed by atoms with Crippen molar-refractivity contribution in [1.82, 2.24) is 19.8 Å². The van der Waals surface area contributed by atoms with Crippen LogP contribution in [0.25, 0.3) is 5.69 Å². The molecule has 0 unspecified atom stereocenters. The average molecular weight is 520 g/mol. The van der Waals surface area contributed by atoms with Crippen molar-refractivity contribution in [3.05, 3.63) is 113 Å². The molecule has 3 heterocycles. The lowest BCUT2D eigenvalue weighted by atomic mass is 10.0. The first-order chi connectivity index (χ1) is 17.5. The molecule has 6 nitrogen and oxygen atoms in total. The average Bonchev–Trinajstić information content (AvgIpc) is 3.50. The number of hydrogen-bond donors (Lipinski definition) is 2. The molecule has 1 aliphatic heterocycles. The topological polar surface area (TPSA) is 62.2 Å². The quantitative estimate of drug-likeness (QED) is 0.308. The van der Waals surface area contributed by atoms with E-state index in [4.69, 9.17) is 23.8 Å². The van der Waals surface area contributed by atoms with E-state index in [0.29, 0.717) is 11.7 Å². The molecule has 36 heavy (non-hydrogen) atoms. The summed E-state index contributed by atoms with van der Waals surface area (Å²) in [4.78, 5) is 19.3. The Labute approximate surface area is 218 Å². The number of aromatic nitrogens is 2. The highest BCUT2D eigenvalue weighted by molar-refractivity contribution is 7.80. The Bertz CT molecular complexity index is 1380. The highest BCUT2D eigenvalue weighted by atomic mass is 35.5. The summed E-state index contributed by atoms with van der Waals surface area (Å²) in [6, 6.07) is 23.1. The van der Waals surface area contributed by atoms with Crippen molar-refractivity contribution in [2.45, 2.75) is 18.5 Å². The second-order valence-corrected chi connectivity index (χ2v) is 9.18. The summed E-state index contributed by atoms with van der Waals surface area (Å²) in [5, 5.41) is 6.90. The SMILES string of the molecule is O=C(CCN1C(=S)N[C@H](c2ccccn2)[C@@H]1c1cccn1-c1ccc(F)c(Cl)c1)Nc1ccccc1. The molecule has 1 aliphatic rings. The van der Waals surface area contributed by atoms with Gasteiger partial charge in [-0.2, -0.15) is 0 Å². The number of thiocarbonyl (C=S) groups is 1. The molecule has 182 valence electrons. The van der Waals surface area contributed by atoms with Crippen LogP contribution in [0.2, 0.25) is 5.02 Å². The van der Waals surface area contributed by atoms with E-state index < -0.39 is 5.82 Å². The van der Waals surface area contributed by atoms with E-state index in [1.54, 1.807) is 18.3 Å². The van der Waals surface area contributed by atoms with E-state index in [-0.39, 0.29) is 29.4 Å². The zero-order chi connectivity index (χ0) is 25.1. The van der Waals surface area contributed by atoms with E-state index >= 15 is 0 Å². The van der Waals surface area contributed by atoms with Crippen molar-refractivity contribution in [3.63, 3.8) is 0 Å². The Morgan fingerprint density at radius 1 is 1.08 bits per heavy atom. The van der Waals surface area contributed by atoms with Gasteiger partial charge in [-0.15, -0.1) is 0 Å². The third-order valence-corrected chi connectivity index (χ3v) is 6.74. The lowest BCUT2D eigenvalue weighted by molar-refractivity contribution is -0.116. The molecule has 0 radical (unpaired) electrons. The summed E-state index contributed by atoms with van der Waals surface area (Å²) < 4.78 is 15.8. The lowest BCUT2D eigenvalue weighted by Crippen LogP contribution is -2.33. The van der Waals surface area contributed by atoms with Gasteiger partial charge in [0.2, 0.25) is 5.91 Å². The zero-order valence-electron chi connectivity index (χ0n) is 19.1. The van der Waals surface area contributed by atoms with Crippen LogP contribution in [-0.2, 0) is 4.79 Å². The van der Waals surface area contributed by atoms with E-state index in [0.717, 1.165) is 22.8 Å². The number of hydrogen-bond acceptors (Lipinski definition) is 3. The molecular weight excluding hydrogens is 497 g/mol. The largest absolute Gasteiger partial charge is 0.352 e. The molecule has 0 bridgehead atoms. The molecule has 0 aliphatic carbocycles. The fourth-order valence-corrected chi connectivity index (χ4v) is 4.95. The van der Waals surface area contributed by atoms with Crippen LogP contribution in [-0.4, -0.2) is 32.0 Å². The Kier molecular flexibility index (Phi) is 6.97. The van der Waals surface area contributed by atoms with Crippen LogP contribution in [0.3, 0.4) is 0 Å². The van der Waals surface area contributed by atoms with Gasteiger partial charge in [0.05, 0.1) is 22.8 Å². The maximum atomic E-state index is 13.8. The van der Waals surface area contributed by atoms with Gasteiger partial charge in [0, 0.05) is 42.4 Å². The minimum Gasteiger partial charge on any atom is -0.352 e. The Balaban J connectivity index is 1.46. The number of amides is 1. The summed E-state index contributed by atoms with van der Waals surface area (Å²) in [7, 11) is 0. The molecule has 1 fully saturated rings. The highest BCUT2D eigenvalue weighted by Crippen LogP contribution is 2.39. The third-order valence-electron chi connectivity index (χ3n) is 6.10. The number of carbonyl (C=O) groups excluding carboxylic acids is 1. The number of halogens is 2. The van der Waals surface area contributed by atoms with E-state index in [1.165, 1.54) is 6.07 Å². The van der Waals surface area contributed by atoms with E-state index in [9.17, 15) is 9.18 Å². The second kappa shape index (κ2) is 10.5. The molecule has 9 heteroatoms. The molecule has 2 N–H and O–H groups in total. The van der Waals surface area contributed by atoms with Crippen molar-refractivity contribution >= 4 is 40.5 Å². The first-order valence-electron chi connectivity index (χ1n) is 11.5. The molecule has 2 atom stereocenters. The summed E-state index contributed by atoms with van der Waals surface area (Å²) in [5.41, 5.74) is 3.20. The molecule has 2 aromatic carbocycles. The predicted molar refractivity (Wildman–Crippen MR) is 143 cm³/mol. The van der Waals surface area contributed by atoms with Gasteiger partial charge in [0.15, 0.2) is 5.11 Å². The fraction of sp³-hybridized carbons (Fsp3) is 0.148. The lowest BCUT2D eigenvalue weighted by Gasteiger charge is -2.29. The van der Waals surface area contributed by atoms with Crippen molar-refractivity contribution in [2.24, 2.45) is 0 Å². The number of nitrogens with one attached hydrogen (secondary N) is 2. The standard InChI is InChI=1S/C27H23ClFN5OS/c28-20-17-19(11-12-21(20)29)33-15-6-10-23(33)26-25(22-9-4-5-14-30-22)32-27(36)34(26)16-13-24(35)31-18-7-2-1-3-8-18/h1-12,14-15,17,25-26H,13,16H2,(H,31,35)(H,32,36)/t25-,26+/m1/s1. The number of benzene rings is 2. The molecule has 5 rings (SSSR count). The maximum absolute atomic E-state index is 13.8. The third kappa shape index (κ3) is 4.96. The van der Waals surface area contributed by atoms with Crippen LogP contribution >= 0.6 is 23.8 Å². The van der Waals surface area contributed by atoms with Crippen LogP contribution in [0, 0.1) is 5.82 Å². The monoisotopic (exact) mass is 519 g/mol. The van der Waals surface area contributed by atoms with Crippen LogP contribution in [0.15, 0.2) is 91.3 Å². The molecule has 0 spiro atoms. The van der Waals surface area contributed by atoms with Gasteiger partial charge in [-0.1, -0.05) is 35.9 Å². The van der Waals surface area contributed by atoms with Gasteiger partial charge in [0.25, 0.3) is 0 Å². The Hall–Kier alpha value is -3.75. The summed E-state index contributed by atoms with van der Waals surface area (Å²) in [5.74, 6) is -0.583. The molecule has 4 aromatic rings. The smallest absolute Gasteiger partial charge is 0.226 e. The first kappa shape index (κ1) is 24.0. The van der Waals surface area contributed by atoms with Gasteiger partial charge < -0.3 is 20.1 Å². The number of pyridine rings is 1. The Morgan fingerprint density at radius 3 is 2.64 bits per heavy atom. The number of para-hydroxylation sites is 1. The number of nitrogens with zero attached hydrogens (tertiary/aromatic N) is 3. The summed E-state index contributed by atoms with van der Waals surface area (Å²) in [6.45, 7) is 0.397. The van der Waals surface area contributed by atoms with E-state index in [1.807, 2.05) is 76.3 Å². The fourth-order valence-electron chi connectivity index (χ4n) is 4.44.